The minimum Gasteiger partial charge on any atom is -0.423 e. The van der Waals surface area contributed by atoms with Crippen LogP contribution in [-0.4, -0.2) is 21.7 Å². The van der Waals surface area contributed by atoms with Crippen LogP contribution in [0.2, 0.25) is 0 Å². The van der Waals surface area contributed by atoms with Crippen molar-refractivity contribution in [2.24, 2.45) is 7.05 Å². The predicted octanol–water partition coefficient (Wildman–Crippen LogP) is -0.782. The third-order valence-corrected chi connectivity index (χ3v) is 2.40. The van der Waals surface area contributed by atoms with E-state index >= 15 is 0 Å². The molecule has 0 saturated carbocycles. The van der Waals surface area contributed by atoms with Crippen molar-refractivity contribution in [2.45, 2.75) is 0 Å². The zero-order valence-corrected chi connectivity index (χ0v) is 8.21. The monoisotopic (exact) mass is 203 g/mol. The maximum Gasteiger partial charge on any atom is 0.490 e. The Bertz CT molecular complexity index is 562. The van der Waals surface area contributed by atoms with Crippen LogP contribution in [0.4, 0.5) is 0 Å². The molecule has 2 rings (SSSR count). The van der Waals surface area contributed by atoms with Gasteiger partial charge in [-0.1, -0.05) is 18.2 Å². The summed E-state index contributed by atoms with van der Waals surface area (Å²) in [5, 5.41) is 19.4. The smallest absolute Gasteiger partial charge is 0.423 e. The highest BCUT2D eigenvalue weighted by molar-refractivity contribution is 6.61. The molecule has 0 bridgehead atoms. The minimum absolute atomic E-state index is 0.144. The van der Waals surface area contributed by atoms with Gasteiger partial charge in [0.25, 0.3) is 5.56 Å². The van der Waals surface area contributed by atoms with Gasteiger partial charge in [0.1, 0.15) is 0 Å². The van der Waals surface area contributed by atoms with Crippen LogP contribution < -0.4 is 11.0 Å². The van der Waals surface area contributed by atoms with E-state index in [0.717, 1.165) is 0 Å². The minimum atomic E-state index is -1.57. The van der Waals surface area contributed by atoms with Crippen molar-refractivity contribution >= 4 is 23.4 Å². The van der Waals surface area contributed by atoms with Gasteiger partial charge in [-0.3, -0.25) is 4.79 Å². The number of hydrogen-bond acceptors (Lipinski definition) is 3. The molecule has 1 aromatic heterocycles. The summed E-state index contributed by atoms with van der Waals surface area (Å²) in [5.41, 5.74) is 0.197. The van der Waals surface area contributed by atoms with Gasteiger partial charge in [0.05, 0.1) is 0 Å². The first kappa shape index (κ1) is 9.95. The first-order valence-electron chi connectivity index (χ1n) is 4.55. The van der Waals surface area contributed by atoms with E-state index in [1.165, 1.54) is 10.8 Å². The molecule has 0 fully saturated rings. The van der Waals surface area contributed by atoms with Crippen LogP contribution in [-0.2, 0) is 7.05 Å². The lowest BCUT2D eigenvalue weighted by molar-refractivity contribution is 0.426. The number of fused-ring (bicyclic) bond motifs is 1. The molecule has 0 amide bonds. The van der Waals surface area contributed by atoms with E-state index in [2.05, 4.69) is 0 Å². The van der Waals surface area contributed by atoms with Crippen molar-refractivity contribution < 1.29 is 10.0 Å². The average molecular weight is 203 g/mol. The summed E-state index contributed by atoms with van der Waals surface area (Å²) in [6, 6.07) is 6.87. The molecular formula is C10H10BNO3. The number of nitrogens with zero attached hydrogens (tertiary/aromatic N) is 1. The van der Waals surface area contributed by atoms with Crippen LogP contribution in [0.15, 0.2) is 35.3 Å². The lowest BCUT2D eigenvalue weighted by Crippen LogP contribution is -2.35. The molecule has 0 saturated heterocycles. The van der Waals surface area contributed by atoms with E-state index in [4.69, 9.17) is 0 Å². The van der Waals surface area contributed by atoms with Gasteiger partial charge >= 0.3 is 7.12 Å². The summed E-state index contributed by atoms with van der Waals surface area (Å²) >= 11 is 0. The molecule has 0 unspecified atom stereocenters. The van der Waals surface area contributed by atoms with Crippen LogP contribution in [0.5, 0.6) is 0 Å². The van der Waals surface area contributed by atoms with Gasteiger partial charge in [-0.05, 0) is 11.5 Å². The van der Waals surface area contributed by atoms with Crippen LogP contribution in [0.3, 0.4) is 0 Å². The molecular weight excluding hydrogens is 193 g/mol. The van der Waals surface area contributed by atoms with Gasteiger partial charge in [-0.2, -0.15) is 0 Å². The van der Waals surface area contributed by atoms with E-state index in [9.17, 15) is 14.8 Å². The number of aryl methyl sites for hydroxylation is 1. The van der Waals surface area contributed by atoms with E-state index in [1.54, 1.807) is 31.3 Å². The number of hydrogen-bond donors (Lipinski definition) is 2. The number of pyridine rings is 1. The summed E-state index contributed by atoms with van der Waals surface area (Å²) < 4.78 is 1.34. The zero-order chi connectivity index (χ0) is 11.0. The molecule has 0 radical (unpaired) electrons. The highest BCUT2D eigenvalue weighted by Gasteiger charge is 2.16. The Morgan fingerprint density at radius 3 is 2.40 bits per heavy atom. The second-order valence-electron chi connectivity index (χ2n) is 3.42. The molecule has 1 aromatic carbocycles. The lowest BCUT2D eigenvalue weighted by Gasteiger charge is -2.07. The first-order chi connectivity index (χ1) is 7.11. The lowest BCUT2D eigenvalue weighted by atomic mass is 9.78. The Morgan fingerprint density at radius 1 is 1.20 bits per heavy atom. The van der Waals surface area contributed by atoms with E-state index in [-0.39, 0.29) is 5.56 Å². The maximum absolute atomic E-state index is 11.7. The van der Waals surface area contributed by atoms with Crippen LogP contribution in [0, 0.1) is 0 Å². The van der Waals surface area contributed by atoms with E-state index in [1.807, 2.05) is 0 Å². The Kier molecular flexibility index (Phi) is 2.34. The summed E-state index contributed by atoms with van der Waals surface area (Å²) in [6.45, 7) is 0. The Morgan fingerprint density at radius 2 is 1.80 bits per heavy atom. The molecule has 2 aromatic rings. The molecule has 76 valence electrons. The molecule has 0 spiro atoms. The van der Waals surface area contributed by atoms with E-state index < -0.39 is 7.12 Å². The number of aromatic nitrogens is 1. The zero-order valence-electron chi connectivity index (χ0n) is 8.21. The van der Waals surface area contributed by atoms with Crippen molar-refractivity contribution in [1.82, 2.24) is 4.57 Å². The fraction of sp³-hybridized carbons (Fsp3) is 0.100. The van der Waals surface area contributed by atoms with Crippen molar-refractivity contribution in [1.29, 1.82) is 0 Å². The predicted molar refractivity (Wildman–Crippen MR) is 59.0 cm³/mol. The maximum atomic E-state index is 11.7. The molecule has 0 aliphatic heterocycles. The third-order valence-electron chi connectivity index (χ3n) is 2.40. The van der Waals surface area contributed by atoms with Crippen LogP contribution >= 0.6 is 0 Å². The number of benzene rings is 1. The Hall–Kier alpha value is -1.59. The molecule has 0 aliphatic rings. The van der Waals surface area contributed by atoms with Gasteiger partial charge in [-0.15, -0.1) is 0 Å². The highest BCUT2D eigenvalue weighted by Crippen LogP contribution is 2.06. The molecule has 15 heavy (non-hydrogen) atoms. The van der Waals surface area contributed by atoms with Crippen molar-refractivity contribution in [2.75, 3.05) is 0 Å². The first-order valence-corrected chi connectivity index (χ1v) is 4.55. The fourth-order valence-electron chi connectivity index (χ4n) is 1.65. The van der Waals surface area contributed by atoms with E-state index in [0.29, 0.717) is 16.2 Å². The molecule has 5 heteroatoms. The molecule has 1 heterocycles. The van der Waals surface area contributed by atoms with Crippen LogP contribution in [0.1, 0.15) is 0 Å². The summed E-state index contributed by atoms with van der Waals surface area (Å²) in [7, 11) is 0.0161. The van der Waals surface area contributed by atoms with Gasteiger partial charge in [0.15, 0.2) is 0 Å². The summed E-state index contributed by atoms with van der Waals surface area (Å²) in [6.07, 6.45) is 1.44. The van der Waals surface area contributed by atoms with Crippen molar-refractivity contribution in [3.63, 3.8) is 0 Å². The standard InChI is InChI=1S/C10H10BNO3/c1-12-6-9(11(14)15)7-4-2-3-5-8(7)10(12)13/h2-6,14-15H,1H3. The Balaban J connectivity index is 2.95. The van der Waals surface area contributed by atoms with Crippen LogP contribution in [0.25, 0.3) is 10.8 Å². The second-order valence-corrected chi connectivity index (χ2v) is 3.42. The summed E-state index contributed by atoms with van der Waals surface area (Å²) in [4.78, 5) is 11.7. The molecule has 0 aliphatic carbocycles. The Labute approximate surface area is 86.6 Å². The topological polar surface area (TPSA) is 62.5 Å². The fourth-order valence-corrected chi connectivity index (χ4v) is 1.65. The normalized spacial score (nSPS) is 10.6. The number of rotatable bonds is 1. The quantitative estimate of drug-likeness (QED) is 0.597. The van der Waals surface area contributed by atoms with Gasteiger partial charge < -0.3 is 14.6 Å². The third kappa shape index (κ3) is 1.56. The molecule has 4 nitrogen and oxygen atoms in total. The van der Waals surface area contributed by atoms with Crippen molar-refractivity contribution in [3.8, 4) is 0 Å². The summed E-state index contributed by atoms with van der Waals surface area (Å²) in [5.74, 6) is 0. The van der Waals surface area contributed by atoms with Gasteiger partial charge in [0.2, 0.25) is 0 Å². The molecule has 2 N–H and O–H groups in total. The largest absolute Gasteiger partial charge is 0.490 e. The van der Waals surface area contributed by atoms with Gasteiger partial charge in [-0.25, -0.2) is 0 Å². The SMILES string of the molecule is Cn1cc(B(O)O)c2ccccc2c1=O. The van der Waals surface area contributed by atoms with Crippen molar-refractivity contribution in [3.05, 3.63) is 40.8 Å². The average Bonchev–Trinajstić information content (AvgIpc) is 2.23. The highest BCUT2D eigenvalue weighted by atomic mass is 16.4. The second kappa shape index (κ2) is 3.53. The molecule has 0 atom stereocenters. The van der Waals surface area contributed by atoms with Gasteiger partial charge in [0, 0.05) is 24.1 Å².